The molecular formula is C16H21F6NO4. The van der Waals surface area contributed by atoms with Gasteiger partial charge >= 0.3 is 0 Å². The Balaban J connectivity index is 0.00000158. The van der Waals surface area contributed by atoms with E-state index in [1.165, 1.54) is 0 Å². The summed E-state index contributed by atoms with van der Waals surface area (Å²) >= 11 is 0. The van der Waals surface area contributed by atoms with E-state index in [2.05, 4.69) is 9.73 Å². The van der Waals surface area contributed by atoms with Gasteiger partial charge in [-0.25, -0.2) is 31.3 Å². The van der Waals surface area contributed by atoms with Gasteiger partial charge in [-0.15, -0.1) is 0 Å². The third-order valence-electron chi connectivity index (χ3n) is 3.15. The normalized spacial score (nSPS) is 19.8. The highest BCUT2D eigenvalue weighted by Crippen LogP contribution is 2.26. The summed E-state index contributed by atoms with van der Waals surface area (Å²) in [5.74, 6) is -8.00. The average molecular weight is 405 g/mol. The van der Waals surface area contributed by atoms with Crippen LogP contribution in [0.2, 0.25) is 0 Å². The van der Waals surface area contributed by atoms with Crippen molar-refractivity contribution in [3.8, 4) is 0 Å². The Kier molecular flexibility index (Phi) is 11.0. The third kappa shape index (κ3) is 6.67. The fourth-order valence-electron chi connectivity index (χ4n) is 2.07. The molecule has 2 rings (SSSR count). The molecule has 1 aromatic carbocycles. The maximum Gasteiger partial charge on any atom is 0.264 e. The Bertz CT molecular complexity index is 603. The van der Waals surface area contributed by atoms with E-state index in [1.54, 1.807) is 0 Å². The van der Waals surface area contributed by atoms with E-state index in [1.807, 2.05) is 13.8 Å². The summed E-state index contributed by atoms with van der Waals surface area (Å²) in [4.78, 5) is 3.56. The summed E-state index contributed by atoms with van der Waals surface area (Å²) in [5, 5.41) is 25.6. The molecule has 0 amide bonds. The molecule has 3 unspecified atom stereocenters. The molecule has 0 saturated carbocycles. The lowest BCUT2D eigenvalue weighted by molar-refractivity contribution is -0.0581. The van der Waals surface area contributed by atoms with Gasteiger partial charge in [-0.2, -0.15) is 0 Å². The number of benzene rings is 1. The van der Waals surface area contributed by atoms with Crippen molar-refractivity contribution in [1.29, 1.82) is 0 Å². The van der Waals surface area contributed by atoms with E-state index < -0.39 is 66.0 Å². The van der Waals surface area contributed by atoms with Gasteiger partial charge in [0.15, 0.2) is 23.3 Å². The zero-order valence-corrected chi connectivity index (χ0v) is 14.8. The van der Waals surface area contributed by atoms with Crippen LogP contribution in [0, 0.1) is 23.3 Å². The van der Waals surface area contributed by atoms with Crippen molar-refractivity contribution in [2.45, 2.75) is 51.6 Å². The number of rotatable bonds is 4. The van der Waals surface area contributed by atoms with E-state index in [0.29, 0.717) is 0 Å². The average Bonchev–Trinajstić information content (AvgIpc) is 2.63. The first-order chi connectivity index (χ1) is 12.7. The molecule has 5 nitrogen and oxygen atoms in total. The standard InChI is InChI=1S/C13H11F6NO3.C2H6.CH4O/c14-5-3-6(15)11(17)9(10(5)16)13-20-4(2-8(22)23-13)1-7(21)12(18)19;2*1-2/h3-4,7-8,12,21-22H,1-2H2;1-2H3;2H,1H3. The van der Waals surface area contributed by atoms with Crippen molar-refractivity contribution in [3.63, 3.8) is 0 Å². The highest BCUT2D eigenvalue weighted by Gasteiger charge is 2.32. The molecule has 1 heterocycles. The molecular weight excluding hydrogens is 384 g/mol. The second kappa shape index (κ2) is 11.8. The zero-order valence-electron chi connectivity index (χ0n) is 14.8. The van der Waals surface area contributed by atoms with Crippen LogP contribution >= 0.6 is 0 Å². The molecule has 3 atom stereocenters. The fraction of sp³-hybridized carbons (Fsp3) is 0.562. The minimum absolute atomic E-state index is 0.0218. The number of aliphatic hydroxyl groups is 3. The van der Waals surface area contributed by atoms with Gasteiger partial charge in [0, 0.05) is 26.0 Å². The van der Waals surface area contributed by atoms with Crippen molar-refractivity contribution in [1.82, 2.24) is 0 Å². The van der Waals surface area contributed by atoms with Crippen LogP contribution in [-0.4, -0.2) is 53.2 Å². The van der Waals surface area contributed by atoms with E-state index in [4.69, 9.17) is 10.2 Å². The number of aliphatic imine (C=N–C) groups is 1. The number of nitrogens with zero attached hydrogens (tertiary/aromatic N) is 1. The van der Waals surface area contributed by atoms with Crippen LogP contribution in [0.3, 0.4) is 0 Å². The van der Waals surface area contributed by atoms with Gasteiger partial charge in [0.05, 0.1) is 6.04 Å². The summed E-state index contributed by atoms with van der Waals surface area (Å²) in [5.41, 5.74) is -1.29. The topological polar surface area (TPSA) is 82.3 Å². The Hall–Kier alpha value is -1.85. The Labute approximate surface area is 151 Å². The molecule has 0 aliphatic carbocycles. The number of aliphatic hydroxyl groups excluding tert-OH is 3. The minimum atomic E-state index is -3.09. The molecule has 0 saturated heterocycles. The zero-order chi connectivity index (χ0) is 21.3. The van der Waals surface area contributed by atoms with Crippen molar-refractivity contribution in [2.75, 3.05) is 7.11 Å². The summed E-state index contributed by atoms with van der Waals surface area (Å²) in [6.45, 7) is 4.00. The quantitative estimate of drug-likeness (QED) is 0.532. The third-order valence-corrected chi connectivity index (χ3v) is 3.15. The van der Waals surface area contributed by atoms with Gasteiger partial charge in [0.25, 0.3) is 6.43 Å². The monoisotopic (exact) mass is 405 g/mol. The van der Waals surface area contributed by atoms with Gasteiger partial charge in [-0.1, -0.05) is 13.8 Å². The molecule has 0 bridgehead atoms. The second-order valence-electron chi connectivity index (χ2n) is 4.88. The van der Waals surface area contributed by atoms with Crippen LogP contribution < -0.4 is 0 Å². The molecule has 0 spiro atoms. The van der Waals surface area contributed by atoms with Gasteiger partial charge in [0.1, 0.15) is 11.7 Å². The number of alkyl halides is 2. The maximum atomic E-state index is 13.7. The highest BCUT2D eigenvalue weighted by atomic mass is 19.3. The molecule has 0 radical (unpaired) electrons. The Morgan fingerprint density at radius 2 is 1.59 bits per heavy atom. The number of hydrogen-bond donors (Lipinski definition) is 3. The second-order valence-corrected chi connectivity index (χ2v) is 4.88. The first-order valence-corrected chi connectivity index (χ1v) is 7.87. The molecule has 11 heteroatoms. The lowest BCUT2D eigenvalue weighted by Gasteiger charge is -2.27. The number of hydrogen-bond acceptors (Lipinski definition) is 5. The molecule has 27 heavy (non-hydrogen) atoms. The van der Waals surface area contributed by atoms with E-state index in [9.17, 15) is 31.4 Å². The smallest absolute Gasteiger partial charge is 0.264 e. The van der Waals surface area contributed by atoms with Gasteiger partial charge in [-0.05, 0) is 0 Å². The lowest BCUT2D eigenvalue weighted by atomic mass is 10.0. The molecule has 1 aliphatic heterocycles. The predicted molar refractivity (Wildman–Crippen MR) is 84.4 cm³/mol. The summed E-state index contributed by atoms with van der Waals surface area (Å²) < 4.78 is 83.0. The van der Waals surface area contributed by atoms with Crippen LogP contribution in [0.5, 0.6) is 0 Å². The molecule has 0 aromatic heterocycles. The predicted octanol–water partition coefficient (Wildman–Crippen LogP) is 2.75. The van der Waals surface area contributed by atoms with E-state index in [0.717, 1.165) is 7.11 Å². The first kappa shape index (κ1) is 25.1. The molecule has 156 valence electrons. The summed E-state index contributed by atoms with van der Waals surface area (Å²) in [6.07, 6.45) is -7.85. The number of halogens is 6. The van der Waals surface area contributed by atoms with Crippen LogP contribution in [0.1, 0.15) is 32.3 Å². The maximum absolute atomic E-state index is 13.7. The van der Waals surface area contributed by atoms with E-state index >= 15 is 0 Å². The van der Waals surface area contributed by atoms with E-state index in [-0.39, 0.29) is 12.5 Å². The molecule has 3 N–H and O–H groups in total. The van der Waals surface area contributed by atoms with Crippen molar-refractivity contribution in [2.24, 2.45) is 4.99 Å². The van der Waals surface area contributed by atoms with Crippen LogP contribution in [0.15, 0.2) is 11.1 Å². The summed E-state index contributed by atoms with van der Waals surface area (Å²) in [7, 11) is 1.00. The SMILES string of the molecule is CC.CO.OC1CC(CC(O)C(F)F)N=C(c2c(F)c(F)cc(F)c2F)O1. The van der Waals surface area contributed by atoms with Gasteiger partial charge in [0.2, 0.25) is 12.2 Å². The van der Waals surface area contributed by atoms with Crippen LogP contribution in [0.25, 0.3) is 0 Å². The van der Waals surface area contributed by atoms with Crippen LogP contribution in [-0.2, 0) is 4.74 Å². The van der Waals surface area contributed by atoms with Gasteiger partial charge < -0.3 is 20.1 Å². The van der Waals surface area contributed by atoms with Crippen molar-refractivity contribution < 1.29 is 46.4 Å². The highest BCUT2D eigenvalue weighted by molar-refractivity contribution is 5.95. The Morgan fingerprint density at radius 3 is 2.04 bits per heavy atom. The van der Waals surface area contributed by atoms with Crippen molar-refractivity contribution >= 4 is 5.90 Å². The van der Waals surface area contributed by atoms with Crippen molar-refractivity contribution in [3.05, 3.63) is 34.9 Å². The number of ether oxygens (including phenoxy) is 1. The summed E-state index contributed by atoms with van der Waals surface area (Å²) in [6, 6.07) is -1.20. The minimum Gasteiger partial charge on any atom is -0.448 e. The molecule has 1 aromatic rings. The molecule has 1 aliphatic rings. The lowest BCUT2D eigenvalue weighted by Crippen LogP contribution is -2.34. The Morgan fingerprint density at radius 1 is 1.11 bits per heavy atom. The largest absolute Gasteiger partial charge is 0.448 e. The fourth-order valence-corrected chi connectivity index (χ4v) is 2.07. The van der Waals surface area contributed by atoms with Gasteiger partial charge in [-0.3, -0.25) is 0 Å². The van der Waals surface area contributed by atoms with Crippen LogP contribution in [0.4, 0.5) is 26.3 Å². The molecule has 0 fully saturated rings. The first-order valence-electron chi connectivity index (χ1n) is 7.87.